The molecule has 4 aromatic rings. The Labute approximate surface area is 170 Å². The molecule has 28 heavy (non-hydrogen) atoms. The van der Waals surface area contributed by atoms with E-state index in [0.29, 0.717) is 22.8 Å². The maximum absolute atomic E-state index is 13.2. The Morgan fingerprint density at radius 3 is 2.86 bits per heavy atom. The summed E-state index contributed by atoms with van der Waals surface area (Å²) in [5, 5.41) is 18.2. The number of halogens is 1. The van der Waals surface area contributed by atoms with Crippen LogP contribution in [0, 0.1) is 0 Å². The van der Waals surface area contributed by atoms with Crippen molar-refractivity contribution in [3.8, 4) is 11.4 Å². The molecule has 0 saturated carbocycles. The van der Waals surface area contributed by atoms with Gasteiger partial charge < -0.3 is 9.88 Å². The number of amides is 1. The van der Waals surface area contributed by atoms with Crippen LogP contribution in [0.1, 0.15) is 30.3 Å². The van der Waals surface area contributed by atoms with Gasteiger partial charge in [0.2, 0.25) is 5.82 Å². The highest BCUT2D eigenvalue weighted by molar-refractivity contribution is 9.10. The number of aromatic nitrogens is 5. The zero-order valence-electron chi connectivity index (χ0n) is 15.3. The molecule has 2 aromatic carbocycles. The molecule has 0 fully saturated rings. The number of benzene rings is 2. The lowest BCUT2D eigenvalue weighted by Crippen LogP contribution is -2.17. The van der Waals surface area contributed by atoms with Crippen molar-refractivity contribution in [2.24, 2.45) is 0 Å². The van der Waals surface area contributed by atoms with Gasteiger partial charge in [-0.1, -0.05) is 47.5 Å². The summed E-state index contributed by atoms with van der Waals surface area (Å²) in [4.78, 5) is 13.2. The van der Waals surface area contributed by atoms with Gasteiger partial charge in [-0.05, 0) is 42.0 Å². The van der Waals surface area contributed by atoms with E-state index in [2.05, 4.69) is 53.4 Å². The molecular weight excluding hydrogens is 420 g/mol. The van der Waals surface area contributed by atoms with Crippen LogP contribution in [-0.4, -0.2) is 31.1 Å². The fourth-order valence-electron chi connectivity index (χ4n) is 3.23. The second-order valence-electron chi connectivity index (χ2n) is 6.47. The van der Waals surface area contributed by atoms with E-state index in [1.807, 2.05) is 48.5 Å². The third-order valence-electron chi connectivity index (χ3n) is 4.59. The monoisotopic (exact) mass is 438 g/mol. The number of para-hydroxylation sites is 1. The number of carbonyl (C=O) groups excluding carboxylic acids is 1. The first-order valence-electron chi connectivity index (χ1n) is 9.10. The molecule has 1 amide bonds. The molecule has 0 saturated heterocycles. The molecule has 0 unspecified atom stereocenters. The molecule has 8 heteroatoms. The molecule has 0 spiro atoms. The van der Waals surface area contributed by atoms with Crippen LogP contribution in [0.4, 0.5) is 5.69 Å². The molecule has 0 radical (unpaired) electrons. The number of anilines is 1. The van der Waals surface area contributed by atoms with Gasteiger partial charge in [-0.2, -0.15) is 5.21 Å². The Balaban J connectivity index is 1.72. The van der Waals surface area contributed by atoms with Gasteiger partial charge >= 0.3 is 0 Å². The van der Waals surface area contributed by atoms with E-state index < -0.39 is 0 Å². The minimum absolute atomic E-state index is 0.167. The number of aryl methyl sites for hydroxylation is 1. The van der Waals surface area contributed by atoms with Crippen LogP contribution < -0.4 is 5.32 Å². The van der Waals surface area contributed by atoms with Gasteiger partial charge in [-0.25, -0.2) is 0 Å². The number of hydrogen-bond donors (Lipinski definition) is 2. The molecule has 0 aliphatic rings. The van der Waals surface area contributed by atoms with Crippen molar-refractivity contribution in [3.63, 3.8) is 0 Å². The first-order chi connectivity index (χ1) is 13.7. The van der Waals surface area contributed by atoms with E-state index in [1.165, 1.54) is 0 Å². The van der Waals surface area contributed by atoms with E-state index in [1.54, 1.807) is 0 Å². The zero-order valence-corrected chi connectivity index (χ0v) is 16.9. The zero-order chi connectivity index (χ0) is 19.5. The maximum Gasteiger partial charge on any atom is 0.272 e. The third-order valence-corrected chi connectivity index (χ3v) is 5.09. The molecule has 2 heterocycles. The average molecular weight is 439 g/mol. The van der Waals surface area contributed by atoms with E-state index in [4.69, 9.17) is 0 Å². The Kier molecular flexibility index (Phi) is 5.21. The summed E-state index contributed by atoms with van der Waals surface area (Å²) in [5.41, 5.74) is 3.02. The fraction of sp³-hybridized carbons (Fsp3) is 0.200. The number of rotatable bonds is 6. The highest BCUT2D eigenvalue weighted by Gasteiger charge is 2.18. The standard InChI is InChI=1S/C20H19BrN6O/c1-2-3-10-27-17-7-5-4-6-13(17)11-18(27)20(28)22-16-9-8-14(21)12-15(16)19-23-25-26-24-19/h4-9,11-12H,2-3,10H2,1H3,(H,22,28)(H,23,24,25,26). The second-order valence-corrected chi connectivity index (χ2v) is 7.39. The van der Waals surface area contributed by atoms with Crippen LogP contribution in [0.25, 0.3) is 22.3 Å². The smallest absolute Gasteiger partial charge is 0.272 e. The predicted octanol–water partition coefficient (Wildman–Crippen LogP) is 4.64. The third kappa shape index (κ3) is 3.55. The average Bonchev–Trinajstić information content (AvgIpc) is 3.35. The van der Waals surface area contributed by atoms with Crippen LogP contribution >= 0.6 is 15.9 Å². The fourth-order valence-corrected chi connectivity index (χ4v) is 3.59. The van der Waals surface area contributed by atoms with Gasteiger partial charge in [0, 0.05) is 27.5 Å². The number of tetrazole rings is 1. The lowest BCUT2D eigenvalue weighted by atomic mass is 10.1. The van der Waals surface area contributed by atoms with Crippen molar-refractivity contribution in [2.75, 3.05) is 5.32 Å². The molecule has 142 valence electrons. The number of aromatic amines is 1. The van der Waals surface area contributed by atoms with Gasteiger partial charge in [0.25, 0.3) is 5.91 Å². The van der Waals surface area contributed by atoms with Gasteiger partial charge in [0.05, 0.1) is 5.69 Å². The Morgan fingerprint density at radius 2 is 2.07 bits per heavy atom. The normalized spacial score (nSPS) is 11.1. The second kappa shape index (κ2) is 7.93. The molecule has 2 aromatic heterocycles. The molecule has 2 N–H and O–H groups in total. The number of unbranched alkanes of at least 4 members (excludes halogenated alkanes) is 1. The Bertz CT molecular complexity index is 1120. The lowest BCUT2D eigenvalue weighted by molar-refractivity contribution is 0.101. The summed E-state index contributed by atoms with van der Waals surface area (Å²) in [7, 11) is 0. The van der Waals surface area contributed by atoms with Crippen LogP contribution in [-0.2, 0) is 6.54 Å². The Hall–Kier alpha value is -3.00. The van der Waals surface area contributed by atoms with Crippen molar-refractivity contribution in [2.45, 2.75) is 26.3 Å². The summed E-state index contributed by atoms with van der Waals surface area (Å²) >= 11 is 3.45. The van der Waals surface area contributed by atoms with Gasteiger partial charge in [0.15, 0.2) is 0 Å². The van der Waals surface area contributed by atoms with E-state index in [-0.39, 0.29) is 5.91 Å². The van der Waals surface area contributed by atoms with E-state index in [0.717, 1.165) is 34.8 Å². The van der Waals surface area contributed by atoms with Crippen LogP contribution in [0.5, 0.6) is 0 Å². The number of carbonyl (C=O) groups is 1. The minimum Gasteiger partial charge on any atom is -0.336 e. The number of H-pyrrole nitrogens is 1. The summed E-state index contributed by atoms with van der Waals surface area (Å²) in [6, 6.07) is 15.5. The van der Waals surface area contributed by atoms with Crippen LogP contribution in [0.2, 0.25) is 0 Å². The first-order valence-corrected chi connectivity index (χ1v) is 9.89. The minimum atomic E-state index is -0.167. The summed E-state index contributed by atoms with van der Waals surface area (Å²) in [6.07, 6.45) is 2.06. The number of fused-ring (bicyclic) bond motifs is 1. The molecule has 0 aliphatic carbocycles. The highest BCUT2D eigenvalue weighted by atomic mass is 79.9. The number of nitrogens with zero attached hydrogens (tertiary/aromatic N) is 4. The van der Waals surface area contributed by atoms with Crippen LogP contribution in [0.15, 0.2) is 53.0 Å². The number of hydrogen-bond acceptors (Lipinski definition) is 4. The van der Waals surface area contributed by atoms with Crippen molar-refractivity contribution in [1.82, 2.24) is 25.2 Å². The van der Waals surface area contributed by atoms with E-state index >= 15 is 0 Å². The quantitative estimate of drug-likeness (QED) is 0.458. The SMILES string of the molecule is CCCCn1c(C(=O)Nc2ccc(Br)cc2-c2nn[nH]n2)cc2ccccc21. The number of nitrogens with one attached hydrogen (secondary N) is 2. The van der Waals surface area contributed by atoms with Crippen LogP contribution in [0.3, 0.4) is 0 Å². The van der Waals surface area contributed by atoms with Crippen molar-refractivity contribution in [1.29, 1.82) is 0 Å². The van der Waals surface area contributed by atoms with Crippen molar-refractivity contribution >= 4 is 38.4 Å². The molecule has 0 bridgehead atoms. The summed E-state index contributed by atoms with van der Waals surface area (Å²) < 4.78 is 2.95. The topological polar surface area (TPSA) is 88.5 Å². The molecule has 0 atom stereocenters. The summed E-state index contributed by atoms with van der Waals surface area (Å²) in [5.74, 6) is 0.252. The Morgan fingerprint density at radius 1 is 1.21 bits per heavy atom. The highest BCUT2D eigenvalue weighted by Crippen LogP contribution is 2.29. The van der Waals surface area contributed by atoms with Gasteiger partial charge in [-0.15, -0.1) is 10.2 Å². The molecule has 7 nitrogen and oxygen atoms in total. The molecule has 4 rings (SSSR count). The first kappa shape index (κ1) is 18.4. The van der Waals surface area contributed by atoms with Crippen molar-refractivity contribution < 1.29 is 4.79 Å². The van der Waals surface area contributed by atoms with Gasteiger partial charge in [0.1, 0.15) is 5.69 Å². The van der Waals surface area contributed by atoms with Gasteiger partial charge in [-0.3, -0.25) is 4.79 Å². The van der Waals surface area contributed by atoms with Crippen molar-refractivity contribution in [3.05, 3.63) is 58.7 Å². The maximum atomic E-state index is 13.2. The van der Waals surface area contributed by atoms with E-state index in [9.17, 15) is 4.79 Å². The largest absolute Gasteiger partial charge is 0.336 e. The molecule has 0 aliphatic heterocycles. The predicted molar refractivity (Wildman–Crippen MR) is 112 cm³/mol. The lowest BCUT2D eigenvalue weighted by Gasteiger charge is -2.12. The molecular formula is C20H19BrN6O. The summed E-state index contributed by atoms with van der Waals surface area (Å²) in [6.45, 7) is 2.94.